The molecular formula is C11H13NO. The lowest BCUT2D eigenvalue weighted by Crippen LogP contribution is -2.06. The summed E-state index contributed by atoms with van der Waals surface area (Å²) in [7, 11) is 0. The molecule has 0 saturated carbocycles. The average Bonchev–Trinajstić information content (AvgIpc) is 2.08. The van der Waals surface area contributed by atoms with Crippen LogP contribution < -0.4 is 4.74 Å². The predicted octanol–water partition coefficient (Wildman–Crippen LogP) is 2.65. The molecule has 1 rings (SSSR count). The van der Waals surface area contributed by atoms with Crippen LogP contribution in [0, 0.1) is 18.3 Å². The smallest absolute Gasteiger partial charge is 0.122 e. The van der Waals surface area contributed by atoms with Gasteiger partial charge in [0, 0.05) is 0 Å². The number of aryl methyl sites for hydroxylation is 1. The third-order valence-electron chi connectivity index (χ3n) is 1.67. The van der Waals surface area contributed by atoms with E-state index in [9.17, 15) is 0 Å². The molecule has 68 valence electrons. The average molecular weight is 175 g/mol. The van der Waals surface area contributed by atoms with Crippen molar-refractivity contribution < 1.29 is 4.74 Å². The molecule has 13 heavy (non-hydrogen) atoms. The highest BCUT2D eigenvalue weighted by Gasteiger charge is 2.02. The number of nitriles is 1. The van der Waals surface area contributed by atoms with E-state index < -0.39 is 0 Å². The maximum absolute atomic E-state index is 8.64. The molecule has 0 spiro atoms. The van der Waals surface area contributed by atoms with Crippen molar-refractivity contribution in [1.82, 2.24) is 0 Å². The van der Waals surface area contributed by atoms with E-state index >= 15 is 0 Å². The van der Waals surface area contributed by atoms with E-state index in [2.05, 4.69) is 6.07 Å². The number of hydrogen-bond donors (Lipinski definition) is 0. The van der Waals surface area contributed by atoms with Crippen molar-refractivity contribution in [3.63, 3.8) is 0 Å². The summed E-state index contributed by atoms with van der Waals surface area (Å²) < 4.78 is 5.54. The molecule has 0 aliphatic carbocycles. The van der Waals surface area contributed by atoms with Gasteiger partial charge in [-0.15, -0.1) is 0 Å². The Hall–Kier alpha value is -1.49. The Bertz CT molecular complexity index is 336. The molecule has 0 aliphatic rings. The van der Waals surface area contributed by atoms with Crippen LogP contribution in [-0.4, -0.2) is 6.10 Å². The van der Waals surface area contributed by atoms with Gasteiger partial charge in [-0.3, -0.25) is 0 Å². The fourth-order valence-corrected chi connectivity index (χ4v) is 1.11. The first kappa shape index (κ1) is 9.60. The SMILES string of the molecule is Cc1cc(C#N)ccc1OC(C)C. The second-order valence-corrected chi connectivity index (χ2v) is 3.26. The van der Waals surface area contributed by atoms with E-state index in [1.54, 1.807) is 6.07 Å². The second kappa shape index (κ2) is 3.95. The molecule has 1 aromatic rings. The molecule has 0 aliphatic heterocycles. The number of ether oxygens (including phenoxy) is 1. The van der Waals surface area contributed by atoms with Gasteiger partial charge in [-0.05, 0) is 44.5 Å². The van der Waals surface area contributed by atoms with Gasteiger partial charge < -0.3 is 4.74 Å². The Morgan fingerprint density at radius 2 is 2.08 bits per heavy atom. The van der Waals surface area contributed by atoms with Gasteiger partial charge in [0.2, 0.25) is 0 Å². The quantitative estimate of drug-likeness (QED) is 0.692. The third-order valence-corrected chi connectivity index (χ3v) is 1.67. The summed E-state index contributed by atoms with van der Waals surface area (Å²) in [5.41, 5.74) is 1.68. The molecule has 0 radical (unpaired) electrons. The number of benzene rings is 1. The summed E-state index contributed by atoms with van der Waals surface area (Å²) in [6, 6.07) is 7.53. The zero-order valence-corrected chi connectivity index (χ0v) is 8.16. The maximum Gasteiger partial charge on any atom is 0.122 e. The van der Waals surface area contributed by atoms with Gasteiger partial charge in [0.15, 0.2) is 0 Å². The minimum atomic E-state index is 0.173. The van der Waals surface area contributed by atoms with Crippen LogP contribution in [0.3, 0.4) is 0 Å². The van der Waals surface area contributed by atoms with E-state index in [0.717, 1.165) is 11.3 Å². The molecule has 0 saturated heterocycles. The summed E-state index contributed by atoms with van der Waals surface area (Å²) in [6.07, 6.45) is 0.173. The van der Waals surface area contributed by atoms with Crippen LogP contribution in [0.1, 0.15) is 25.0 Å². The van der Waals surface area contributed by atoms with Gasteiger partial charge in [0.1, 0.15) is 5.75 Å². The first-order valence-corrected chi connectivity index (χ1v) is 4.31. The fourth-order valence-electron chi connectivity index (χ4n) is 1.11. The minimum Gasteiger partial charge on any atom is -0.491 e. The van der Waals surface area contributed by atoms with Crippen molar-refractivity contribution in [2.24, 2.45) is 0 Å². The zero-order valence-electron chi connectivity index (χ0n) is 8.16. The molecular weight excluding hydrogens is 162 g/mol. The summed E-state index contributed by atoms with van der Waals surface area (Å²) in [5.74, 6) is 0.856. The standard InChI is InChI=1S/C11H13NO/c1-8(2)13-11-5-4-10(7-12)6-9(11)3/h4-6,8H,1-3H3. The van der Waals surface area contributed by atoms with Crippen LogP contribution in [0.5, 0.6) is 5.75 Å². The number of hydrogen-bond acceptors (Lipinski definition) is 2. The highest BCUT2D eigenvalue weighted by atomic mass is 16.5. The topological polar surface area (TPSA) is 33.0 Å². The molecule has 0 bridgehead atoms. The monoisotopic (exact) mass is 175 g/mol. The summed E-state index contributed by atoms with van der Waals surface area (Å²) in [4.78, 5) is 0. The van der Waals surface area contributed by atoms with Crippen LogP contribution in [0.2, 0.25) is 0 Å². The number of nitrogens with zero attached hydrogens (tertiary/aromatic N) is 1. The normalized spacial score (nSPS) is 9.77. The molecule has 0 N–H and O–H groups in total. The maximum atomic E-state index is 8.64. The molecule has 1 aromatic carbocycles. The lowest BCUT2D eigenvalue weighted by Gasteiger charge is -2.11. The van der Waals surface area contributed by atoms with Crippen LogP contribution >= 0.6 is 0 Å². The van der Waals surface area contributed by atoms with Gasteiger partial charge in [-0.1, -0.05) is 0 Å². The molecule has 0 fully saturated rings. The van der Waals surface area contributed by atoms with Crippen molar-refractivity contribution in [1.29, 1.82) is 5.26 Å². The van der Waals surface area contributed by atoms with Gasteiger partial charge in [0.25, 0.3) is 0 Å². The van der Waals surface area contributed by atoms with Gasteiger partial charge in [-0.2, -0.15) is 5.26 Å². The van der Waals surface area contributed by atoms with Gasteiger partial charge >= 0.3 is 0 Å². The molecule has 0 unspecified atom stereocenters. The van der Waals surface area contributed by atoms with Crippen molar-refractivity contribution in [2.45, 2.75) is 26.9 Å². The van der Waals surface area contributed by atoms with Crippen molar-refractivity contribution in [3.05, 3.63) is 29.3 Å². The van der Waals surface area contributed by atoms with Crippen molar-refractivity contribution in [3.8, 4) is 11.8 Å². The Balaban J connectivity index is 2.93. The lowest BCUT2D eigenvalue weighted by atomic mass is 10.1. The van der Waals surface area contributed by atoms with E-state index in [1.807, 2.05) is 32.9 Å². The summed E-state index contributed by atoms with van der Waals surface area (Å²) in [5, 5.41) is 8.64. The molecule has 0 atom stereocenters. The zero-order chi connectivity index (χ0) is 9.84. The highest BCUT2D eigenvalue weighted by Crippen LogP contribution is 2.19. The Morgan fingerprint density at radius 3 is 2.54 bits per heavy atom. The summed E-state index contributed by atoms with van der Waals surface area (Å²) >= 11 is 0. The molecule has 0 amide bonds. The predicted molar refractivity (Wildman–Crippen MR) is 51.7 cm³/mol. The highest BCUT2D eigenvalue weighted by molar-refractivity contribution is 5.41. The van der Waals surface area contributed by atoms with Crippen molar-refractivity contribution in [2.75, 3.05) is 0 Å². The van der Waals surface area contributed by atoms with Crippen LogP contribution in [-0.2, 0) is 0 Å². The second-order valence-electron chi connectivity index (χ2n) is 3.26. The first-order chi connectivity index (χ1) is 6.13. The number of rotatable bonds is 2. The van der Waals surface area contributed by atoms with Crippen LogP contribution in [0.25, 0.3) is 0 Å². The van der Waals surface area contributed by atoms with E-state index in [0.29, 0.717) is 5.56 Å². The molecule has 2 heteroatoms. The van der Waals surface area contributed by atoms with Gasteiger partial charge in [-0.25, -0.2) is 0 Å². The largest absolute Gasteiger partial charge is 0.491 e. The molecule has 0 heterocycles. The molecule has 0 aromatic heterocycles. The fraction of sp³-hybridized carbons (Fsp3) is 0.364. The van der Waals surface area contributed by atoms with Crippen LogP contribution in [0.4, 0.5) is 0 Å². The first-order valence-electron chi connectivity index (χ1n) is 4.31. The Labute approximate surface area is 78.8 Å². The minimum absolute atomic E-state index is 0.173. The Kier molecular flexibility index (Phi) is 2.92. The van der Waals surface area contributed by atoms with E-state index in [1.165, 1.54) is 0 Å². The Morgan fingerprint density at radius 1 is 1.38 bits per heavy atom. The van der Waals surface area contributed by atoms with E-state index in [-0.39, 0.29) is 6.10 Å². The summed E-state index contributed by atoms with van der Waals surface area (Å²) in [6.45, 7) is 5.91. The van der Waals surface area contributed by atoms with E-state index in [4.69, 9.17) is 10.00 Å². The third kappa shape index (κ3) is 2.48. The van der Waals surface area contributed by atoms with Crippen molar-refractivity contribution >= 4 is 0 Å². The lowest BCUT2D eigenvalue weighted by molar-refractivity contribution is 0.241. The molecule has 2 nitrogen and oxygen atoms in total. The van der Waals surface area contributed by atoms with Gasteiger partial charge in [0.05, 0.1) is 17.7 Å². The van der Waals surface area contributed by atoms with Crippen LogP contribution in [0.15, 0.2) is 18.2 Å².